The van der Waals surface area contributed by atoms with Crippen molar-refractivity contribution in [1.29, 1.82) is 0 Å². The Morgan fingerprint density at radius 3 is 2.75 bits per heavy atom. The zero-order valence-corrected chi connectivity index (χ0v) is 13.1. The molecule has 24 heavy (non-hydrogen) atoms. The van der Waals surface area contributed by atoms with Crippen LogP contribution in [0.5, 0.6) is 5.75 Å². The molecule has 0 amide bonds. The molecular formula is C17H12ClN5O. The first-order valence-electron chi connectivity index (χ1n) is 7.22. The molecule has 0 spiro atoms. The van der Waals surface area contributed by atoms with Gasteiger partial charge in [-0.2, -0.15) is 5.10 Å². The van der Waals surface area contributed by atoms with E-state index in [2.05, 4.69) is 25.5 Å². The van der Waals surface area contributed by atoms with Crippen molar-refractivity contribution in [2.24, 2.45) is 0 Å². The van der Waals surface area contributed by atoms with Crippen LogP contribution >= 0.6 is 11.6 Å². The Hall–Kier alpha value is -3.12. The number of rotatable bonds is 3. The van der Waals surface area contributed by atoms with Crippen molar-refractivity contribution in [2.45, 2.75) is 0 Å². The van der Waals surface area contributed by atoms with Crippen LogP contribution in [0.4, 0.5) is 11.5 Å². The van der Waals surface area contributed by atoms with Gasteiger partial charge in [0.1, 0.15) is 17.9 Å². The van der Waals surface area contributed by atoms with Gasteiger partial charge < -0.3 is 10.4 Å². The van der Waals surface area contributed by atoms with Crippen LogP contribution in [0.15, 0.2) is 54.9 Å². The van der Waals surface area contributed by atoms with E-state index in [-0.39, 0.29) is 5.75 Å². The van der Waals surface area contributed by atoms with Gasteiger partial charge in [0, 0.05) is 16.3 Å². The van der Waals surface area contributed by atoms with E-state index in [0.717, 1.165) is 22.3 Å². The Labute approximate surface area is 142 Å². The van der Waals surface area contributed by atoms with Gasteiger partial charge in [0.2, 0.25) is 0 Å². The number of aromatic amines is 1. The molecule has 0 aliphatic rings. The molecule has 0 aliphatic heterocycles. The number of hydrogen-bond donors (Lipinski definition) is 3. The Morgan fingerprint density at radius 1 is 1.04 bits per heavy atom. The second-order valence-corrected chi connectivity index (χ2v) is 5.64. The van der Waals surface area contributed by atoms with Gasteiger partial charge in [-0.1, -0.05) is 29.8 Å². The molecule has 0 fully saturated rings. The van der Waals surface area contributed by atoms with Gasteiger partial charge in [-0.25, -0.2) is 9.97 Å². The molecule has 0 unspecified atom stereocenters. The summed E-state index contributed by atoms with van der Waals surface area (Å²) < 4.78 is 0. The minimum absolute atomic E-state index is 0.177. The highest BCUT2D eigenvalue weighted by Gasteiger charge is 2.14. The Morgan fingerprint density at radius 2 is 1.92 bits per heavy atom. The maximum absolute atomic E-state index is 9.72. The number of halogens is 1. The summed E-state index contributed by atoms with van der Waals surface area (Å²) in [6.07, 6.45) is 1.45. The number of nitrogens with zero attached hydrogens (tertiary/aromatic N) is 3. The summed E-state index contributed by atoms with van der Waals surface area (Å²) in [6.45, 7) is 0. The predicted molar refractivity (Wildman–Crippen MR) is 93.5 cm³/mol. The Kier molecular flexibility index (Phi) is 3.51. The van der Waals surface area contributed by atoms with Gasteiger partial charge in [-0.3, -0.25) is 5.10 Å². The number of aromatic nitrogens is 4. The molecule has 0 saturated carbocycles. The van der Waals surface area contributed by atoms with Crippen LogP contribution in [0.25, 0.3) is 22.3 Å². The molecular weight excluding hydrogens is 326 g/mol. The number of benzene rings is 2. The fraction of sp³-hybridized carbons (Fsp3) is 0. The summed E-state index contributed by atoms with van der Waals surface area (Å²) in [5, 5.41) is 21.5. The maximum atomic E-state index is 9.72. The van der Waals surface area contributed by atoms with Crippen molar-refractivity contribution in [3.8, 4) is 17.0 Å². The SMILES string of the molecule is Oc1cccc(-c2[nH]nc3ncnc(Nc4cccc(Cl)c4)c23)c1. The molecule has 6 nitrogen and oxygen atoms in total. The smallest absolute Gasteiger partial charge is 0.186 e. The van der Waals surface area contributed by atoms with Crippen molar-refractivity contribution in [3.63, 3.8) is 0 Å². The van der Waals surface area contributed by atoms with Crippen LogP contribution < -0.4 is 5.32 Å². The van der Waals surface area contributed by atoms with E-state index in [9.17, 15) is 5.11 Å². The molecule has 4 aromatic rings. The van der Waals surface area contributed by atoms with E-state index in [1.807, 2.05) is 24.3 Å². The molecule has 0 radical (unpaired) electrons. The summed E-state index contributed by atoms with van der Waals surface area (Å²) in [7, 11) is 0. The lowest BCUT2D eigenvalue weighted by Gasteiger charge is -2.08. The molecule has 0 aliphatic carbocycles. The first kappa shape index (κ1) is 14.5. The van der Waals surface area contributed by atoms with Gasteiger partial charge in [0.25, 0.3) is 0 Å². The molecule has 2 aromatic heterocycles. The van der Waals surface area contributed by atoms with E-state index in [4.69, 9.17) is 11.6 Å². The topological polar surface area (TPSA) is 86.7 Å². The molecule has 4 rings (SSSR count). The third-order valence-corrected chi connectivity index (χ3v) is 3.81. The monoisotopic (exact) mass is 337 g/mol. The van der Waals surface area contributed by atoms with Gasteiger partial charge in [0.15, 0.2) is 5.65 Å². The minimum atomic E-state index is 0.177. The molecule has 0 saturated heterocycles. The Bertz CT molecular complexity index is 1030. The highest BCUT2D eigenvalue weighted by molar-refractivity contribution is 6.30. The second kappa shape index (κ2) is 5.82. The lowest BCUT2D eigenvalue weighted by molar-refractivity contribution is 0.475. The number of fused-ring (bicyclic) bond motifs is 1. The van der Waals surface area contributed by atoms with Crippen LogP contribution in [0.3, 0.4) is 0 Å². The summed E-state index contributed by atoms with van der Waals surface area (Å²) in [6, 6.07) is 14.3. The number of aromatic hydroxyl groups is 1. The molecule has 0 atom stereocenters. The summed E-state index contributed by atoms with van der Waals surface area (Å²) in [5.41, 5.74) is 2.87. The number of phenols is 1. The fourth-order valence-corrected chi connectivity index (χ4v) is 2.71. The zero-order valence-electron chi connectivity index (χ0n) is 12.4. The van der Waals surface area contributed by atoms with E-state index < -0.39 is 0 Å². The van der Waals surface area contributed by atoms with Crippen molar-refractivity contribution < 1.29 is 5.11 Å². The van der Waals surface area contributed by atoms with Crippen molar-refractivity contribution in [2.75, 3.05) is 5.32 Å². The molecule has 0 bridgehead atoms. The molecule has 7 heteroatoms. The average Bonchev–Trinajstić information content (AvgIpc) is 3.00. The molecule has 2 heterocycles. The maximum Gasteiger partial charge on any atom is 0.186 e. The van der Waals surface area contributed by atoms with E-state index in [1.54, 1.807) is 24.3 Å². The summed E-state index contributed by atoms with van der Waals surface area (Å²) in [5.74, 6) is 0.783. The van der Waals surface area contributed by atoms with Crippen LogP contribution in [0.1, 0.15) is 0 Å². The van der Waals surface area contributed by atoms with Crippen LogP contribution in [0.2, 0.25) is 5.02 Å². The summed E-state index contributed by atoms with van der Waals surface area (Å²) >= 11 is 6.03. The van der Waals surface area contributed by atoms with E-state index >= 15 is 0 Å². The number of phenolic OH excluding ortho intramolecular Hbond substituents is 1. The minimum Gasteiger partial charge on any atom is -0.508 e. The van der Waals surface area contributed by atoms with Gasteiger partial charge in [0.05, 0.1) is 11.1 Å². The third-order valence-electron chi connectivity index (χ3n) is 3.57. The molecule has 3 N–H and O–H groups in total. The van der Waals surface area contributed by atoms with E-state index in [1.165, 1.54) is 6.33 Å². The number of H-pyrrole nitrogens is 1. The van der Waals surface area contributed by atoms with Crippen LogP contribution in [-0.2, 0) is 0 Å². The average molecular weight is 338 g/mol. The fourth-order valence-electron chi connectivity index (χ4n) is 2.52. The van der Waals surface area contributed by atoms with Crippen molar-refractivity contribution >= 4 is 34.1 Å². The quantitative estimate of drug-likeness (QED) is 0.523. The third kappa shape index (κ3) is 2.63. The standard InChI is InChI=1S/C17H12ClN5O/c18-11-4-2-5-12(8-11)21-16-14-15(10-3-1-6-13(24)7-10)22-23-17(14)20-9-19-16/h1-9,24H,(H2,19,20,21,22,23). The van der Waals surface area contributed by atoms with Crippen LogP contribution in [0, 0.1) is 0 Å². The summed E-state index contributed by atoms with van der Waals surface area (Å²) in [4.78, 5) is 8.51. The second-order valence-electron chi connectivity index (χ2n) is 5.21. The Balaban J connectivity index is 1.86. The van der Waals surface area contributed by atoms with Crippen molar-refractivity contribution in [1.82, 2.24) is 20.2 Å². The largest absolute Gasteiger partial charge is 0.508 e. The van der Waals surface area contributed by atoms with Gasteiger partial charge >= 0.3 is 0 Å². The van der Waals surface area contributed by atoms with E-state index in [0.29, 0.717) is 16.5 Å². The lowest BCUT2D eigenvalue weighted by atomic mass is 10.1. The van der Waals surface area contributed by atoms with Crippen LogP contribution in [-0.4, -0.2) is 25.3 Å². The number of anilines is 2. The number of nitrogens with one attached hydrogen (secondary N) is 2. The zero-order chi connectivity index (χ0) is 16.5. The highest BCUT2D eigenvalue weighted by atomic mass is 35.5. The van der Waals surface area contributed by atoms with Gasteiger partial charge in [-0.15, -0.1) is 0 Å². The normalized spacial score (nSPS) is 10.9. The first-order chi connectivity index (χ1) is 11.7. The lowest BCUT2D eigenvalue weighted by Crippen LogP contribution is -1.95. The molecule has 118 valence electrons. The predicted octanol–water partition coefficient (Wildman–Crippen LogP) is 4.12. The van der Waals surface area contributed by atoms with Gasteiger partial charge in [-0.05, 0) is 30.3 Å². The number of hydrogen-bond acceptors (Lipinski definition) is 5. The molecule has 2 aromatic carbocycles. The first-order valence-corrected chi connectivity index (χ1v) is 7.59. The highest BCUT2D eigenvalue weighted by Crippen LogP contribution is 2.32. The van der Waals surface area contributed by atoms with Crippen molar-refractivity contribution in [3.05, 3.63) is 59.9 Å².